The predicted molar refractivity (Wildman–Crippen MR) is 101 cm³/mol. The Kier molecular flexibility index (Phi) is 5.79. The average molecular weight is 349 g/mol. The first-order chi connectivity index (χ1) is 10.9. The second kappa shape index (κ2) is 7.27. The van der Waals surface area contributed by atoms with Gasteiger partial charge in [0, 0.05) is 5.56 Å². The van der Waals surface area contributed by atoms with Crippen molar-refractivity contribution >= 4 is 35.1 Å². The number of carbonyl (C=O) groups excluding carboxylic acids is 2. The number of fused-ring (bicyclic) bond motifs is 1. The maximum atomic E-state index is 13.3. The Morgan fingerprint density at radius 1 is 1.13 bits per heavy atom. The molecule has 124 valence electrons. The molecule has 0 heterocycles. The van der Waals surface area contributed by atoms with Gasteiger partial charge in [-0.3, -0.25) is 9.59 Å². The summed E-state index contributed by atoms with van der Waals surface area (Å²) in [7, 11) is 0. The number of hydrogen-bond acceptors (Lipinski definition) is 4. The minimum Gasteiger partial charge on any atom is -0.293 e. The van der Waals surface area contributed by atoms with Gasteiger partial charge in [-0.05, 0) is 43.8 Å². The summed E-state index contributed by atoms with van der Waals surface area (Å²) >= 11 is 2.97. The molecule has 1 aliphatic rings. The fourth-order valence-electron chi connectivity index (χ4n) is 3.10. The molecule has 0 bridgehead atoms. The molecule has 0 aromatic heterocycles. The Morgan fingerprint density at radius 2 is 1.74 bits per heavy atom. The minimum atomic E-state index is -0.610. The lowest BCUT2D eigenvalue weighted by Gasteiger charge is -2.36. The van der Waals surface area contributed by atoms with Gasteiger partial charge >= 0.3 is 0 Å². The Labute approximate surface area is 147 Å². The van der Waals surface area contributed by atoms with Crippen LogP contribution in [0, 0.1) is 5.92 Å². The van der Waals surface area contributed by atoms with Crippen LogP contribution < -0.4 is 0 Å². The van der Waals surface area contributed by atoms with Gasteiger partial charge in [0.05, 0.1) is 15.2 Å². The number of hydrogen-bond donors (Lipinski definition) is 0. The van der Waals surface area contributed by atoms with Crippen LogP contribution in [0.15, 0.2) is 34.1 Å². The first-order valence-electron chi connectivity index (χ1n) is 7.88. The minimum absolute atomic E-state index is 0.0134. The summed E-state index contributed by atoms with van der Waals surface area (Å²) in [5.74, 6) is 0.393. The quantitative estimate of drug-likeness (QED) is 0.549. The van der Waals surface area contributed by atoms with E-state index in [1.54, 1.807) is 0 Å². The zero-order chi connectivity index (χ0) is 17.2. The third kappa shape index (κ3) is 3.29. The van der Waals surface area contributed by atoms with Gasteiger partial charge in [-0.15, -0.1) is 23.5 Å². The highest BCUT2D eigenvalue weighted by Crippen LogP contribution is 2.44. The van der Waals surface area contributed by atoms with Crippen molar-refractivity contribution in [3.05, 3.63) is 45.2 Å². The van der Waals surface area contributed by atoms with Crippen LogP contribution in [-0.4, -0.2) is 24.1 Å². The summed E-state index contributed by atoms with van der Waals surface area (Å²) < 4.78 is 0.824. The SMILES string of the molecule is CSC(SC)=C1C(=O)c2ccccc2[C@](C)(CCC(C)C)C1=O. The standard InChI is InChI=1S/C19H24O2S2/c1-12(2)10-11-19(3)14-9-7-6-8-13(14)16(20)15(17(19)21)18(22-4)23-5/h6-9,12H,10-11H2,1-5H3/t19-/m0/s1. The molecule has 2 rings (SSSR count). The predicted octanol–water partition coefficient (Wildman–Crippen LogP) is 5.08. The molecule has 0 unspecified atom stereocenters. The van der Waals surface area contributed by atoms with E-state index in [9.17, 15) is 9.59 Å². The molecule has 0 radical (unpaired) electrons. The Hall–Kier alpha value is -1.00. The second-order valence-corrected chi connectivity index (χ2v) is 8.43. The van der Waals surface area contributed by atoms with E-state index >= 15 is 0 Å². The first-order valence-corrected chi connectivity index (χ1v) is 10.3. The monoisotopic (exact) mass is 348 g/mol. The largest absolute Gasteiger partial charge is 0.293 e. The van der Waals surface area contributed by atoms with E-state index in [1.165, 1.54) is 23.5 Å². The Bertz CT molecular complexity index is 655. The van der Waals surface area contributed by atoms with Crippen molar-refractivity contribution in [1.29, 1.82) is 0 Å². The molecule has 0 N–H and O–H groups in total. The van der Waals surface area contributed by atoms with E-state index < -0.39 is 5.41 Å². The van der Waals surface area contributed by atoms with Gasteiger partial charge in [0.15, 0.2) is 11.6 Å². The summed E-state index contributed by atoms with van der Waals surface area (Å²) in [6.07, 6.45) is 5.58. The number of ketones is 2. The van der Waals surface area contributed by atoms with E-state index in [-0.39, 0.29) is 11.6 Å². The molecule has 2 nitrogen and oxygen atoms in total. The maximum absolute atomic E-state index is 13.3. The van der Waals surface area contributed by atoms with Gasteiger partial charge < -0.3 is 0 Å². The van der Waals surface area contributed by atoms with E-state index in [0.717, 1.165) is 22.6 Å². The van der Waals surface area contributed by atoms with Crippen molar-refractivity contribution in [1.82, 2.24) is 0 Å². The highest BCUT2D eigenvalue weighted by molar-refractivity contribution is 8.21. The van der Waals surface area contributed by atoms with E-state index in [0.29, 0.717) is 17.1 Å². The number of Topliss-reactive ketones (excluding diaryl/α,β-unsaturated/α-hetero) is 2. The first kappa shape index (κ1) is 18.3. The van der Waals surface area contributed by atoms with Crippen molar-refractivity contribution in [2.24, 2.45) is 5.92 Å². The molecular formula is C19H24O2S2. The summed E-state index contributed by atoms with van der Waals surface area (Å²) in [4.78, 5) is 26.2. The number of rotatable bonds is 5. The normalized spacial score (nSPS) is 20.9. The molecule has 0 amide bonds. The maximum Gasteiger partial charge on any atom is 0.198 e. The van der Waals surface area contributed by atoms with Gasteiger partial charge in [-0.25, -0.2) is 0 Å². The molecule has 0 saturated heterocycles. The molecule has 4 heteroatoms. The topological polar surface area (TPSA) is 34.1 Å². The number of benzene rings is 1. The lowest BCUT2D eigenvalue weighted by atomic mass is 9.65. The molecule has 0 spiro atoms. The van der Waals surface area contributed by atoms with Crippen LogP contribution in [-0.2, 0) is 10.2 Å². The number of thioether (sulfide) groups is 2. The zero-order valence-electron chi connectivity index (χ0n) is 14.4. The lowest BCUT2D eigenvalue weighted by molar-refractivity contribution is -0.120. The van der Waals surface area contributed by atoms with Crippen LogP contribution in [0.2, 0.25) is 0 Å². The summed E-state index contributed by atoms with van der Waals surface area (Å²) in [5, 5.41) is 0. The van der Waals surface area contributed by atoms with Gasteiger partial charge in [0.1, 0.15) is 0 Å². The van der Waals surface area contributed by atoms with Gasteiger partial charge in [-0.2, -0.15) is 0 Å². The van der Waals surface area contributed by atoms with E-state index in [1.807, 2.05) is 43.7 Å². The zero-order valence-corrected chi connectivity index (χ0v) is 16.1. The molecule has 0 fully saturated rings. The lowest BCUT2D eigenvalue weighted by Crippen LogP contribution is -2.42. The van der Waals surface area contributed by atoms with Crippen molar-refractivity contribution in [2.45, 2.75) is 39.0 Å². The molecule has 23 heavy (non-hydrogen) atoms. The smallest absolute Gasteiger partial charge is 0.198 e. The fraction of sp³-hybridized carbons (Fsp3) is 0.474. The van der Waals surface area contributed by atoms with Crippen molar-refractivity contribution in [3.63, 3.8) is 0 Å². The summed E-state index contributed by atoms with van der Waals surface area (Å²) in [5.41, 5.74) is 1.35. The molecule has 1 aliphatic carbocycles. The molecule has 0 saturated carbocycles. The summed E-state index contributed by atoms with van der Waals surface area (Å²) in [6, 6.07) is 7.60. The highest BCUT2D eigenvalue weighted by Gasteiger charge is 2.46. The van der Waals surface area contributed by atoms with E-state index in [4.69, 9.17) is 0 Å². The third-order valence-corrected chi connectivity index (χ3v) is 6.67. The molecule has 1 aromatic carbocycles. The van der Waals surface area contributed by atoms with Crippen LogP contribution in [0.4, 0.5) is 0 Å². The van der Waals surface area contributed by atoms with Crippen LogP contribution in [0.25, 0.3) is 0 Å². The molecular weight excluding hydrogens is 324 g/mol. The average Bonchev–Trinajstić information content (AvgIpc) is 2.55. The highest BCUT2D eigenvalue weighted by atomic mass is 32.2. The van der Waals surface area contributed by atoms with Gasteiger partial charge in [-0.1, -0.05) is 38.1 Å². The number of allylic oxidation sites excluding steroid dienone is 1. The van der Waals surface area contributed by atoms with Crippen molar-refractivity contribution in [3.8, 4) is 0 Å². The molecule has 1 aromatic rings. The molecule has 1 atom stereocenters. The summed E-state index contributed by atoms with van der Waals surface area (Å²) in [6.45, 7) is 6.33. The van der Waals surface area contributed by atoms with Gasteiger partial charge in [0.25, 0.3) is 0 Å². The Morgan fingerprint density at radius 3 is 2.30 bits per heavy atom. The van der Waals surface area contributed by atoms with Crippen molar-refractivity contribution in [2.75, 3.05) is 12.5 Å². The fourth-order valence-corrected chi connectivity index (χ4v) is 4.54. The van der Waals surface area contributed by atoms with Crippen molar-refractivity contribution < 1.29 is 9.59 Å². The van der Waals surface area contributed by atoms with Crippen LogP contribution in [0.3, 0.4) is 0 Å². The van der Waals surface area contributed by atoms with Crippen LogP contribution >= 0.6 is 23.5 Å². The Balaban J connectivity index is 2.66. The van der Waals surface area contributed by atoms with Crippen LogP contribution in [0.5, 0.6) is 0 Å². The second-order valence-electron chi connectivity index (χ2n) is 6.54. The number of carbonyl (C=O) groups is 2. The third-order valence-electron chi connectivity index (χ3n) is 4.52. The van der Waals surface area contributed by atoms with Gasteiger partial charge in [0.2, 0.25) is 0 Å². The van der Waals surface area contributed by atoms with Crippen LogP contribution in [0.1, 0.15) is 49.5 Å². The molecule has 0 aliphatic heterocycles. The van der Waals surface area contributed by atoms with E-state index in [2.05, 4.69) is 13.8 Å².